The molecule has 0 spiro atoms. The Morgan fingerprint density at radius 1 is 0.905 bits per heavy atom. The molecule has 0 saturated heterocycles. The van der Waals surface area contributed by atoms with Crippen molar-refractivity contribution in [2.24, 2.45) is 5.41 Å². The maximum atomic E-state index is 12.4. The maximum Gasteiger partial charge on any atom is 0.226 e. The highest BCUT2D eigenvalue weighted by atomic mass is 16.2. The molecule has 2 aromatic rings. The molecular formula is C19H23NO. The molecule has 2 nitrogen and oxygen atoms in total. The lowest BCUT2D eigenvalue weighted by Gasteiger charge is -2.25. The summed E-state index contributed by atoms with van der Waals surface area (Å²) in [5, 5.41) is 3.17. The van der Waals surface area contributed by atoms with Crippen LogP contribution < -0.4 is 5.32 Å². The van der Waals surface area contributed by atoms with Crippen LogP contribution in [-0.4, -0.2) is 5.91 Å². The lowest BCUT2D eigenvalue weighted by Crippen LogP contribution is -2.37. The summed E-state index contributed by atoms with van der Waals surface area (Å²) in [4.78, 5) is 12.4. The Bertz CT molecular complexity index is 594. The van der Waals surface area contributed by atoms with E-state index in [0.29, 0.717) is 0 Å². The maximum absolute atomic E-state index is 12.4. The molecule has 0 fully saturated rings. The quantitative estimate of drug-likeness (QED) is 0.895. The minimum atomic E-state index is -0.405. The molecule has 0 heterocycles. The van der Waals surface area contributed by atoms with Gasteiger partial charge in [-0.2, -0.15) is 0 Å². The van der Waals surface area contributed by atoms with Crippen LogP contribution in [0.2, 0.25) is 0 Å². The second kappa shape index (κ2) is 6.13. The summed E-state index contributed by atoms with van der Waals surface area (Å²) in [6, 6.07) is 18.3. The minimum absolute atomic E-state index is 0.0527. The van der Waals surface area contributed by atoms with Crippen LogP contribution >= 0.6 is 0 Å². The van der Waals surface area contributed by atoms with Gasteiger partial charge in [0.25, 0.3) is 0 Å². The number of carbonyl (C=O) groups excluding carboxylic acids is 1. The molecule has 21 heavy (non-hydrogen) atoms. The van der Waals surface area contributed by atoms with Crippen molar-refractivity contribution >= 4 is 5.91 Å². The molecule has 110 valence electrons. The van der Waals surface area contributed by atoms with Gasteiger partial charge in [-0.25, -0.2) is 0 Å². The lowest BCUT2D eigenvalue weighted by atomic mass is 9.92. The number of aryl methyl sites for hydroxylation is 1. The standard InChI is InChI=1S/C19H23NO/c1-14-10-12-16(13-11-14)17(15-8-6-5-7-9-15)20-18(21)19(2,3)4/h5-13,17H,1-4H3,(H,20,21)/t17-/m1/s1. The highest BCUT2D eigenvalue weighted by Gasteiger charge is 2.25. The van der Waals surface area contributed by atoms with E-state index in [1.807, 2.05) is 51.1 Å². The van der Waals surface area contributed by atoms with Gasteiger partial charge >= 0.3 is 0 Å². The average Bonchev–Trinajstić information content (AvgIpc) is 2.45. The molecular weight excluding hydrogens is 258 g/mol. The summed E-state index contributed by atoms with van der Waals surface area (Å²) in [5.41, 5.74) is 3.01. The van der Waals surface area contributed by atoms with Crippen molar-refractivity contribution in [1.29, 1.82) is 0 Å². The Morgan fingerprint density at radius 2 is 1.43 bits per heavy atom. The van der Waals surface area contributed by atoms with Gasteiger partial charge in [-0.3, -0.25) is 4.79 Å². The van der Waals surface area contributed by atoms with Crippen molar-refractivity contribution in [3.8, 4) is 0 Å². The number of carbonyl (C=O) groups is 1. The van der Waals surface area contributed by atoms with Gasteiger partial charge in [-0.15, -0.1) is 0 Å². The highest BCUT2D eigenvalue weighted by molar-refractivity contribution is 5.82. The summed E-state index contributed by atoms with van der Waals surface area (Å²) in [5.74, 6) is 0.0527. The number of nitrogens with one attached hydrogen (secondary N) is 1. The van der Waals surface area contributed by atoms with Crippen LogP contribution in [0.4, 0.5) is 0 Å². The lowest BCUT2D eigenvalue weighted by molar-refractivity contribution is -0.129. The van der Waals surface area contributed by atoms with Gasteiger partial charge in [0.2, 0.25) is 5.91 Å². The second-order valence-corrected chi connectivity index (χ2v) is 6.48. The molecule has 0 aliphatic carbocycles. The van der Waals surface area contributed by atoms with Crippen LogP contribution in [0.3, 0.4) is 0 Å². The van der Waals surface area contributed by atoms with Crippen molar-refractivity contribution in [3.05, 3.63) is 71.3 Å². The van der Waals surface area contributed by atoms with E-state index < -0.39 is 5.41 Å². The molecule has 1 N–H and O–H groups in total. The van der Waals surface area contributed by atoms with E-state index in [1.165, 1.54) is 5.56 Å². The molecule has 0 radical (unpaired) electrons. The molecule has 0 aromatic heterocycles. The van der Waals surface area contributed by atoms with Gasteiger partial charge < -0.3 is 5.32 Å². The van der Waals surface area contributed by atoms with Crippen molar-refractivity contribution in [3.63, 3.8) is 0 Å². The van der Waals surface area contributed by atoms with Gasteiger partial charge in [0, 0.05) is 5.41 Å². The summed E-state index contributed by atoms with van der Waals surface area (Å²) >= 11 is 0. The molecule has 0 unspecified atom stereocenters. The minimum Gasteiger partial charge on any atom is -0.345 e. The number of rotatable bonds is 3. The van der Waals surface area contributed by atoms with E-state index in [0.717, 1.165) is 11.1 Å². The Labute approximate surface area is 127 Å². The Hall–Kier alpha value is -2.09. The predicted molar refractivity (Wildman–Crippen MR) is 87.1 cm³/mol. The van der Waals surface area contributed by atoms with Gasteiger partial charge in [0.1, 0.15) is 0 Å². The van der Waals surface area contributed by atoms with E-state index >= 15 is 0 Å². The van der Waals surface area contributed by atoms with E-state index in [4.69, 9.17) is 0 Å². The fourth-order valence-electron chi connectivity index (χ4n) is 2.11. The molecule has 0 bridgehead atoms. The Balaban J connectivity index is 2.36. The summed E-state index contributed by atoms with van der Waals surface area (Å²) in [6.07, 6.45) is 0. The average molecular weight is 281 g/mol. The summed E-state index contributed by atoms with van der Waals surface area (Å²) in [7, 11) is 0. The van der Waals surface area contributed by atoms with Crippen LogP contribution in [0.5, 0.6) is 0 Å². The summed E-state index contributed by atoms with van der Waals surface area (Å²) in [6.45, 7) is 7.85. The van der Waals surface area contributed by atoms with Gasteiger partial charge in [-0.05, 0) is 18.1 Å². The fraction of sp³-hybridized carbons (Fsp3) is 0.316. The zero-order valence-electron chi connectivity index (χ0n) is 13.2. The number of benzene rings is 2. The van der Waals surface area contributed by atoms with Crippen molar-refractivity contribution < 1.29 is 4.79 Å². The highest BCUT2D eigenvalue weighted by Crippen LogP contribution is 2.24. The molecule has 0 aliphatic rings. The molecule has 2 rings (SSSR count). The number of hydrogen-bond donors (Lipinski definition) is 1. The van der Waals surface area contributed by atoms with Crippen LogP contribution in [0, 0.1) is 12.3 Å². The van der Waals surface area contributed by atoms with E-state index in [2.05, 4.69) is 36.5 Å². The monoisotopic (exact) mass is 281 g/mol. The smallest absolute Gasteiger partial charge is 0.226 e. The topological polar surface area (TPSA) is 29.1 Å². The Kier molecular flexibility index (Phi) is 4.46. The second-order valence-electron chi connectivity index (χ2n) is 6.48. The molecule has 1 atom stereocenters. The first kappa shape index (κ1) is 15.3. The Morgan fingerprint density at radius 3 is 1.95 bits per heavy atom. The third kappa shape index (κ3) is 3.94. The molecule has 2 heteroatoms. The first-order valence-electron chi connectivity index (χ1n) is 7.30. The fourth-order valence-corrected chi connectivity index (χ4v) is 2.11. The van der Waals surface area contributed by atoms with Crippen LogP contribution in [0.15, 0.2) is 54.6 Å². The zero-order chi connectivity index (χ0) is 15.5. The summed E-state index contributed by atoms with van der Waals surface area (Å²) < 4.78 is 0. The van der Waals surface area contributed by atoms with Gasteiger partial charge in [0.15, 0.2) is 0 Å². The number of amides is 1. The van der Waals surface area contributed by atoms with Gasteiger partial charge in [0.05, 0.1) is 6.04 Å². The third-order valence-corrected chi connectivity index (χ3v) is 3.50. The largest absolute Gasteiger partial charge is 0.345 e. The van der Waals surface area contributed by atoms with Crippen molar-refractivity contribution in [1.82, 2.24) is 5.32 Å². The van der Waals surface area contributed by atoms with E-state index in [-0.39, 0.29) is 11.9 Å². The molecule has 0 aliphatic heterocycles. The molecule has 1 amide bonds. The normalized spacial score (nSPS) is 12.8. The first-order valence-corrected chi connectivity index (χ1v) is 7.30. The van der Waals surface area contributed by atoms with Crippen LogP contribution in [0.25, 0.3) is 0 Å². The van der Waals surface area contributed by atoms with Crippen molar-refractivity contribution in [2.75, 3.05) is 0 Å². The molecule has 2 aromatic carbocycles. The SMILES string of the molecule is Cc1ccc([C@H](NC(=O)C(C)(C)C)c2ccccc2)cc1. The van der Waals surface area contributed by atoms with Crippen molar-refractivity contribution in [2.45, 2.75) is 33.7 Å². The number of hydrogen-bond acceptors (Lipinski definition) is 1. The van der Waals surface area contributed by atoms with Crippen LogP contribution in [0.1, 0.15) is 43.5 Å². The van der Waals surface area contributed by atoms with Gasteiger partial charge in [-0.1, -0.05) is 80.9 Å². The third-order valence-electron chi connectivity index (χ3n) is 3.50. The predicted octanol–water partition coefficient (Wildman–Crippen LogP) is 4.25. The first-order chi connectivity index (χ1) is 9.88. The van der Waals surface area contributed by atoms with E-state index in [1.54, 1.807) is 0 Å². The molecule has 0 saturated carbocycles. The van der Waals surface area contributed by atoms with E-state index in [9.17, 15) is 4.79 Å². The zero-order valence-corrected chi connectivity index (χ0v) is 13.2. The van der Waals surface area contributed by atoms with Crippen LogP contribution in [-0.2, 0) is 4.79 Å².